The summed E-state index contributed by atoms with van der Waals surface area (Å²) < 4.78 is 45.6. The van der Waals surface area contributed by atoms with Gasteiger partial charge in [0.15, 0.2) is 11.6 Å². The molecule has 0 aromatic carbocycles. The molecule has 1 fully saturated rings. The zero-order valence-corrected chi connectivity index (χ0v) is 22.5. The fourth-order valence-corrected chi connectivity index (χ4v) is 5.54. The summed E-state index contributed by atoms with van der Waals surface area (Å²) in [6.45, 7) is 7.23. The number of morpholine rings is 1. The van der Waals surface area contributed by atoms with E-state index in [2.05, 4.69) is 21.1 Å². The van der Waals surface area contributed by atoms with Crippen molar-refractivity contribution in [3.8, 4) is 5.82 Å². The molecule has 1 aliphatic heterocycles. The lowest BCUT2D eigenvalue weighted by Gasteiger charge is -2.36. The number of hydrogen-bond acceptors (Lipinski definition) is 6. The monoisotopic (exact) mass is 559 g/mol. The summed E-state index contributed by atoms with van der Waals surface area (Å²) >= 11 is 6.08. The normalized spacial score (nSPS) is 18.7. The first-order valence-electron chi connectivity index (χ1n) is 12.9. The summed E-state index contributed by atoms with van der Waals surface area (Å²) in [5.41, 5.74) is 3.85. The standard InChI is InChI=1S/C28H29ClF3N5O2/c1-17-11-19(14-33-26(17)20-3-5-22(6-4-20)36-7-9-39-10-8-36)12-25(38)23-16-35-37(18(23)2)27-24(29)13-21(15-34-27)28(30,31)32/h3,11,13-16,22H,4-10,12H2,1-2H3. The van der Waals surface area contributed by atoms with Crippen molar-refractivity contribution >= 4 is 23.0 Å². The maximum Gasteiger partial charge on any atom is 0.417 e. The van der Waals surface area contributed by atoms with Gasteiger partial charge in [0.1, 0.15) is 0 Å². The van der Waals surface area contributed by atoms with E-state index in [1.54, 1.807) is 13.1 Å². The molecule has 7 nitrogen and oxygen atoms in total. The van der Waals surface area contributed by atoms with Gasteiger partial charge in [-0.05, 0) is 55.9 Å². The lowest BCUT2D eigenvalue weighted by molar-refractivity contribution is -0.137. The van der Waals surface area contributed by atoms with Gasteiger partial charge in [0.05, 0.1) is 46.9 Å². The molecule has 1 saturated heterocycles. The van der Waals surface area contributed by atoms with Gasteiger partial charge in [0.25, 0.3) is 0 Å². The largest absolute Gasteiger partial charge is 0.417 e. The number of carbonyl (C=O) groups excluding carboxylic acids is 1. The maximum absolute atomic E-state index is 13.1. The second-order valence-corrected chi connectivity index (χ2v) is 10.4. The molecule has 11 heteroatoms. The van der Waals surface area contributed by atoms with E-state index in [4.69, 9.17) is 21.3 Å². The third-order valence-corrected chi connectivity index (χ3v) is 7.69. The Labute approximate surface area is 229 Å². The van der Waals surface area contributed by atoms with Gasteiger partial charge in [-0.25, -0.2) is 9.67 Å². The highest BCUT2D eigenvalue weighted by Crippen LogP contribution is 2.33. The number of hydrogen-bond donors (Lipinski definition) is 0. The van der Waals surface area contributed by atoms with Crippen LogP contribution in [0, 0.1) is 13.8 Å². The SMILES string of the molecule is Cc1cc(CC(=O)c2cnn(-c3ncc(C(F)(F)F)cc3Cl)c2C)cnc1C1=CCC(N2CCOCC2)CC1. The molecule has 0 spiro atoms. The highest BCUT2D eigenvalue weighted by Gasteiger charge is 2.32. The summed E-state index contributed by atoms with van der Waals surface area (Å²) in [5.74, 6) is -0.152. The minimum Gasteiger partial charge on any atom is -0.379 e. The number of Topliss-reactive ketones (excluding diaryl/α,β-unsaturated/α-hetero) is 1. The Morgan fingerprint density at radius 3 is 2.54 bits per heavy atom. The first-order chi connectivity index (χ1) is 18.6. The van der Waals surface area contributed by atoms with Gasteiger partial charge in [-0.1, -0.05) is 23.7 Å². The van der Waals surface area contributed by atoms with Crippen LogP contribution in [0.3, 0.4) is 0 Å². The van der Waals surface area contributed by atoms with Gasteiger partial charge in [-0.2, -0.15) is 18.3 Å². The molecule has 0 N–H and O–H groups in total. The first kappa shape index (κ1) is 27.5. The van der Waals surface area contributed by atoms with Crippen LogP contribution in [0.1, 0.15) is 57.7 Å². The molecule has 1 aliphatic carbocycles. The van der Waals surface area contributed by atoms with Crippen LogP contribution in [0.15, 0.2) is 36.8 Å². The van der Waals surface area contributed by atoms with Crippen LogP contribution in [0.2, 0.25) is 5.02 Å². The van der Waals surface area contributed by atoms with Crippen molar-refractivity contribution < 1.29 is 22.7 Å². The molecule has 2 aliphatic rings. The number of halogens is 4. The van der Waals surface area contributed by atoms with Crippen LogP contribution in [0.4, 0.5) is 13.2 Å². The van der Waals surface area contributed by atoms with Crippen molar-refractivity contribution in [3.05, 3.63) is 75.5 Å². The summed E-state index contributed by atoms with van der Waals surface area (Å²) in [6, 6.07) is 3.34. The zero-order chi connectivity index (χ0) is 27.7. The van der Waals surface area contributed by atoms with E-state index < -0.39 is 11.7 Å². The summed E-state index contributed by atoms with van der Waals surface area (Å²) in [5, 5.41) is 3.96. The van der Waals surface area contributed by atoms with E-state index >= 15 is 0 Å². The number of alkyl halides is 3. The minimum absolute atomic E-state index is 0.0275. The summed E-state index contributed by atoms with van der Waals surface area (Å²) in [7, 11) is 0. The average molecular weight is 560 g/mol. The van der Waals surface area contributed by atoms with Gasteiger partial charge in [-0.15, -0.1) is 0 Å². The lowest BCUT2D eigenvalue weighted by atomic mass is 9.90. The van der Waals surface area contributed by atoms with Crippen LogP contribution >= 0.6 is 11.6 Å². The molecule has 0 saturated carbocycles. The number of ether oxygens (including phenoxy) is 1. The number of ketones is 1. The lowest BCUT2D eigenvalue weighted by Crippen LogP contribution is -2.43. The number of carbonyl (C=O) groups is 1. The Bertz CT molecular complexity index is 1410. The highest BCUT2D eigenvalue weighted by molar-refractivity contribution is 6.32. The number of allylic oxidation sites excluding steroid dienone is 1. The van der Waals surface area contributed by atoms with Gasteiger partial charge >= 0.3 is 6.18 Å². The second kappa shape index (κ2) is 11.2. The predicted molar refractivity (Wildman–Crippen MR) is 141 cm³/mol. The number of aromatic nitrogens is 4. The Hall–Kier alpha value is -3.08. The molecule has 206 valence electrons. The molecule has 3 aromatic rings. The number of pyridine rings is 2. The Kier molecular flexibility index (Phi) is 7.89. The second-order valence-electron chi connectivity index (χ2n) is 10.00. The van der Waals surface area contributed by atoms with Gasteiger partial charge < -0.3 is 4.74 Å². The van der Waals surface area contributed by atoms with Crippen molar-refractivity contribution in [2.75, 3.05) is 26.3 Å². The van der Waals surface area contributed by atoms with Crippen LogP contribution in [0.5, 0.6) is 0 Å². The Morgan fingerprint density at radius 1 is 1.13 bits per heavy atom. The summed E-state index contributed by atoms with van der Waals surface area (Å²) in [6.07, 6.45) is 4.73. The molecule has 3 aromatic heterocycles. The van der Waals surface area contributed by atoms with Crippen molar-refractivity contribution in [2.24, 2.45) is 0 Å². The number of rotatable bonds is 6. The van der Waals surface area contributed by atoms with Gasteiger partial charge in [0.2, 0.25) is 0 Å². The van der Waals surface area contributed by atoms with E-state index in [0.717, 1.165) is 68.5 Å². The molecule has 1 unspecified atom stereocenters. The molecule has 4 heterocycles. The van der Waals surface area contributed by atoms with Crippen LogP contribution in [-0.4, -0.2) is 62.8 Å². The van der Waals surface area contributed by atoms with Crippen molar-refractivity contribution in [3.63, 3.8) is 0 Å². The fourth-order valence-electron chi connectivity index (χ4n) is 5.29. The molecule has 0 radical (unpaired) electrons. The quantitative estimate of drug-likeness (QED) is 0.364. The average Bonchev–Trinajstić information content (AvgIpc) is 3.30. The van der Waals surface area contributed by atoms with E-state index in [0.29, 0.717) is 23.5 Å². The number of aryl methyl sites for hydroxylation is 1. The minimum atomic E-state index is -4.56. The van der Waals surface area contributed by atoms with E-state index in [9.17, 15) is 18.0 Å². The van der Waals surface area contributed by atoms with Crippen molar-refractivity contribution in [1.29, 1.82) is 0 Å². The molecule has 0 bridgehead atoms. The molecular weight excluding hydrogens is 531 g/mol. The number of nitrogens with zero attached hydrogens (tertiary/aromatic N) is 5. The molecular formula is C28H29ClF3N5O2. The Morgan fingerprint density at radius 2 is 1.90 bits per heavy atom. The molecule has 5 rings (SSSR count). The van der Waals surface area contributed by atoms with Crippen molar-refractivity contribution in [2.45, 2.75) is 51.7 Å². The Balaban J connectivity index is 1.27. The fraction of sp³-hybridized carbons (Fsp3) is 0.429. The van der Waals surface area contributed by atoms with Crippen LogP contribution < -0.4 is 0 Å². The van der Waals surface area contributed by atoms with Crippen LogP contribution in [0.25, 0.3) is 11.4 Å². The highest BCUT2D eigenvalue weighted by atomic mass is 35.5. The third-order valence-electron chi connectivity index (χ3n) is 7.41. The van der Waals surface area contributed by atoms with E-state index in [-0.39, 0.29) is 23.0 Å². The molecule has 1 atom stereocenters. The maximum atomic E-state index is 13.1. The zero-order valence-electron chi connectivity index (χ0n) is 21.8. The smallest absolute Gasteiger partial charge is 0.379 e. The molecule has 0 amide bonds. The van der Waals surface area contributed by atoms with Crippen molar-refractivity contribution in [1.82, 2.24) is 24.6 Å². The van der Waals surface area contributed by atoms with Gasteiger partial charge in [-0.3, -0.25) is 14.7 Å². The first-order valence-corrected chi connectivity index (χ1v) is 13.3. The topological polar surface area (TPSA) is 73.1 Å². The third kappa shape index (κ3) is 5.92. The van der Waals surface area contributed by atoms with E-state index in [1.807, 2.05) is 13.0 Å². The predicted octanol–water partition coefficient (Wildman–Crippen LogP) is 5.64. The van der Waals surface area contributed by atoms with Gasteiger partial charge in [0, 0.05) is 37.9 Å². The summed E-state index contributed by atoms with van der Waals surface area (Å²) in [4.78, 5) is 24.2. The molecule has 39 heavy (non-hydrogen) atoms. The van der Waals surface area contributed by atoms with Crippen LogP contribution in [-0.2, 0) is 17.3 Å². The van der Waals surface area contributed by atoms with E-state index in [1.165, 1.54) is 16.5 Å².